The van der Waals surface area contributed by atoms with Crippen molar-refractivity contribution in [2.24, 2.45) is 0 Å². The molecule has 2 aromatic carbocycles. The zero-order chi connectivity index (χ0) is 20.2. The molecule has 0 aliphatic carbocycles. The Bertz CT molecular complexity index is 908. The monoisotopic (exact) mass is 409 g/mol. The summed E-state index contributed by atoms with van der Waals surface area (Å²) < 4.78 is 27.0. The van der Waals surface area contributed by atoms with Crippen molar-refractivity contribution in [1.82, 2.24) is 4.31 Å². The summed E-state index contributed by atoms with van der Waals surface area (Å²) in [5.41, 5.74) is 1.56. The van der Waals surface area contributed by atoms with Gasteiger partial charge in [-0.25, -0.2) is 8.42 Å². The fourth-order valence-corrected chi connectivity index (χ4v) is 4.28. The van der Waals surface area contributed by atoms with Gasteiger partial charge in [-0.15, -0.1) is 0 Å². The average Bonchev–Trinajstić information content (AvgIpc) is 2.62. The van der Waals surface area contributed by atoms with Crippen LogP contribution in [0.15, 0.2) is 47.4 Å². The van der Waals surface area contributed by atoms with Gasteiger partial charge in [0, 0.05) is 37.8 Å². The van der Waals surface area contributed by atoms with Crippen LogP contribution in [0.3, 0.4) is 0 Å². The summed E-state index contributed by atoms with van der Waals surface area (Å²) >= 11 is 5.86. The van der Waals surface area contributed by atoms with Crippen LogP contribution in [-0.2, 0) is 10.0 Å². The van der Waals surface area contributed by atoms with Gasteiger partial charge >= 0.3 is 0 Å². The third-order valence-corrected chi connectivity index (χ3v) is 6.45. The van der Waals surface area contributed by atoms with Crippen LogP contribution in [0.4, 0.5) is 11.4 Å². The molecular weight excluding hydrogens is 386 g/mol. The predicted octanol–water partition coefficient (Wildman–Crippen LogP) is 3.69. The Labute approximate surface area is 165 Å². The molecule has 0 fully saturated rings. The molecule has 1 amide bonds. The van der Waals surface area contributed by atoms with E-state index >= 15 is 0 Å². The first-order valence-electron chi connectivity index (χ1n) is 8.59. The molecule has 0 saturated carbocycles. The van der Waals surface area contributed by atoms with Crippen LogP contribution in [-0.4, -0.2) is 45.8 Å². The molecule has 27 heavy (non-hydrogen) atoms. The molecule has 0 aromatic heterocycles. The Hall–Kier alpha value is -2.09. The first-order valence-corrected chi connectivity index (χ1v) is 10.4. The summed E-state index contributed by atoms with van der Waals surface area (Å²) in [5.74, 6) is -0.341. The minimum absolute atomic E-state index is 0.142. The van der Waals surface area contributed by atoms with E-state index in [1.165, 1.54) is 10.4 Å². The van der Waals surface area contributed by atoms with Gasteiger partial charge in [-0.05, 0) is 42.5 Å². The van der Waals surface area contributed by atoms with Gasteiger partial charge in [-0.1, -0.05) is 25.4 Å². The number of benzene rings is 2. The number of amides is 1. The van der Waals surface area contributed by atoms with Gasteiger partial charge in [0.2, 0.25) is 10.0 Å². The minimum atomic E-state index is -3.63. The molecule has 0 bridgehead atoms. The van der Waals surface area contributed by atoms with Crippen molar-refractivity contribution in [2.75, 3.05) is 37.4 Å². The maximum atomic E-state index is 12.8. The Balaban J connectivity index is 2.44. The second kappa shape index (κ2) is 8.73. The van der Waals surface area contributed by atoms with Crippen molar-refractivity contribution in [1.29, 1.82) is 0 Å². The van der Waals surface area contributed by atoms with E-state index in [4.69, 9.17) is 11.6 Å². The molecule has 1 N–H and O–H groups in total. The Kier molecular flexibility index (Phi) is 6.86. The highest BCUT2D eigenvalue weighted by molar-refractivity contribution is 7.89. The highest BCUT2D eigenvalue weighted by Gasteiger charge is 2.23. The summed E-state index contributed by atoms with van der Waals surface area (Å²) in [4.78, 5) is 14.5. The second-order valence-corrected chi connectivity index (χ2v) is 8.50. The van der Waals surface area contributed by atoms with E-state index in [1.54, 1.807) is 50.2 Å². The number of carbonyl (C=O) groups excluding carboxylic acids is 1. The molecule has 0 spiro atoms. The molecule has 0 aliphatic rings. The van der Waals surface area contributed by atoms with Crippen molar-refractivity contribution in [3.8, 4) is 0 Å². The first-order chi connectivity index (χ1) is 12.7. The highest BCUT2D eigenvalue weighted by Crippen LogP contribution is 2.29. The van der Waals surface area contributed by atoms with Gasteiger partial charge in [0.1, 0.15) is 0 Å². The number of rotatable bonds is 7. The van der Waals surface area contributed by atoms with Crippen molar-refractivity contribution in [3.63, 3.8) is 0 Å². The minimum Gasteiger partial charge on any atom is -0.376 e. The van der Waals surface area contributed by atoms with Crippen LogP contribution < -0.4 is 10.2 Å². The fourth-order valence-electron chi connectivity index (χ4n) is 2.67. The number of hydrogen-bond acceptors (Lipinski definition) is 4. The quantitative estimate of drug-likeness (QED) is 0.757. The molecule has 0 saturated heterocycles. The number of anilines is 2. The van der Waals surface area contributed by atoms with Gasteiger partial charge < -0.3 is 10.2 Å². The smallest absolute Gasteiger partial charge is 0.255 e. The molecule has 146 valence electrons. The Morgan fingerprint density at radius 1 is 1.04 bits per heavy atom. The maximum absolute atomic E-state index is 12.8. The lowest BCUT2D eigenvalue weighted by Crippen LogP contribution is -2.30. The third kappa shape index (κ3) is 4.80. The van der Waals surface area contributed by atoms with Crippen LogP contribution in [0.1, 0.15) is 24.2 Å². The zero-order valence-electron chi connectivity index (χ0n) is 15.9. The maximum Gasteiger partial charge on any atom is 0.255 e. The van der Waals surface area contributed by atoms with Gasteiger partial charge in [-0.2, -0.15) is 4.31 Å². The number of nitrogens with one attached hydrogen (secondary N) is 1. The Morgan fingerprint density at radius 3 is 2.15 bits per heavy atom. The third-order valence-electron chi connectivity index (χ3n) is 4.15. The van der Waals surface area contributed by atoms with Crippen LogP contribution >= 0.6 is 11.6 Å². The van der Waals surface area contributed by atoms with Crippen molar-refractivity contribution < 1.29 is 13.2 Å². The predicted molar refractivity (Wildman–Crippen MR) is 110 cm³/mol. The Morgan fingerprint density at radius 2 is 1.63 bits per heavy atom. The molecule has 0 radical (unpaired) electrons. The highest BCUT2D eigenvalue weighted by atomic mass is 35.5. The second-order valence-electron chi connectivity index (χ2n) is 6.12. The van der Waals surface area contributed by atoms with Gasteiger partial charge in [0.05, 0.1) is 16.3 Å². The standard InChI is InChI=1S/C19H24ClN3O3S/c1-5-23(6-2)27(25,26)16-11-12-18(22(3)4)17(13-16)21-19(24)14-7-9-15(20)10-8-14/h7-13H,5-6H2,1-4H3,(H,21,24). The molecular formula is C19H24ClN3O3S. The van der Waals surface area contributed by atoms with E-state index in [0.717, 1.165) is 0 Å². The molecule has 0 heterocycles. The normalized spacial score (nSPS) is 11.5. The summed E-state index contributed by atoms with van der Waals surface area (Å²) in [6, 6.07) is 11.2. The van der Waals surface area contributed by atoms with Gasteiger partial charge in [0.15, 0.2) is 0 Å². The summed E-state index contributed by atoms with van der Waals surface area (Å²) in [6.07, 6.45) is 0. The van der Waals surface area contributed by atoms with E-state index in [-0.39, 0.29) is 10.8 Å². The molecule has 0 unspecified atom stereocenters. The summed E-state index contributed by atoms with van der Waals surface area (Å²) in [6.45, 7) is 4.33. The molecule has 2 aromatic rings. The van der Waals surface area contributed by atoms with E-state index < -0.39 is 10.0 Å². The molecule has 2 rings (SSSR count). The van der Waals surface area contributed by atoms with E-state index in [1.807, 2.05) is 19.0 Å². The fraction of sp³-hybridized carbons (Fsp3) is 0.316. The molecule has 8 heteroatoms. The number of halogens is 1. The summed E-state index contributed by atoms with van der Waals surface area (Å²) in [7, 11) is 0.0243. The molecule has 0 atom stereocenters. The molecule has 0 aliphatic heterocycles. The number of carbonyl (C=O) groups is 1. The zero-order valence-corrected chi connectivity index (χ0v) is 17.4. The van der Waals surface area contributed by atoms with Crippen LogP contribution in [0, 0.1) is 0 Å². The van der Waals surface area contributed by atoms with Crippen LogP contribution in [0.5, 0.6) is 0 Å². The SMILES string of the molecule is CCN(CC)S(=O)(=O)c1ccc(N(C)C)c(NC(=O)c2ccc(Cl)cc2)c1. The number of hydrogen-bond donors (Lipinski definition) is 1. The van der Waals surface area contributed by atoms with Gasteiger partial charge in [0.25, 0.3) is 5.91 Å². The lowest BCUT2D eigenvalue weighted by atomic mass is 10.2. The van der Waals surface area contributed by atoms with Crippen molar-refractivity contribution in [3.05, 3.63) is 53.1 Å². The topological polar surface area (TPSA) is 69.7 Å². The summed E-state index contributed by atoms with van der Waals surface area (Å²) in [5, 5.41) is 3.34. The van der Waals surface area contributed by atoms with Crippen molar-refractivity contribution >= 4 is 38.9 Å². The van der Waals surface area contributed by atoms with Crippen molar-refractivity contribution in [2.45, 2.75) is 18.7 Å². The first kappa shape index (κ1) is 21.2. The number of nitrogens with zero attached hydrogens (tertiary/aromatic N) is 2. The van der Waals surface area contributed by atoms with Gasteiger partial charge in [-0.3, -0.25) is 4.79 Å². The molecule has 6 nitrogen and oxygen atoms in total. The lowest BCUT2D eigenvalue weighted by Gasteiger charge is -2.22. The lowest BCUT2D eigenvalue weighted by molar-refractivity contribution is 0.102. The largest absolute Gasteiger partial charge is 0.376 e. The van der Waals surface area contributed by atoms with Crippen LogP contribution in [0.2, 0.25) is 5.02 Å². The van der Waals surface area contributed by atoms with E-state index in [2.05, 4.69) is 5.32 Å². The average molecular weight is 410 g/mol. The van der Waals surface area contributed by atoms with E-state index in [0.29, 0.717) is 35.1 Å². The number of sulfonamides is 1. The van der Waals surface area contributed by atoms with E-state index in [9.17, 15) is 13.2 Å². The van der Waals surface area contributed by atoms with Crippen LogP contribution in [0.25, 0.3) is 0 Å².